The van der Waals surface area contributed by atoms with Gasteiger partial charge in [0, 0.05) is 24.5 Å². The zero-order valence-corrected chi connectivity index (χ0v) is 13.1. The lowest BCUT2D eigenvalue weighted by Gasteiger charge is -2.21. The van der Waals surface area contributed by atoms with Gasteiger partial charge in [-0.3, -0.25) is 0 Å². The van der Waals surface area contributed by atoms with E-state index in [1.54, 1.807) is 19.2 Å². The van der Waals surface area contributed by atoms with Crippen molar-refractivity contribution < 1.29 is 4.39 Å². The molecule has 1 heterocycles. The van der Waals surface area contributed by atoms with Crippen molar-refractivity contribution in [3.8, 4) is 0 Å². The van der Waals surface area contributed by atoms with Crippen LogP contribution in [-0.2, 0) is 6.54 Å². The van der Waals surface area contributed by atoms with Crippen LogP contribution in [0.1, 0.15) is 49.7 Å². The minimum Gasteiger partial charge on any atom is -0.333 e. The summed E-state index contributed by atoms with van der Waals surface area (Å²) in [5.74, 6) is 0.743. The largest absolute Gasteiger partial charge is 0.333 e. The molecule has 0 spiro atoms. The van der Waals surface area contributed by atoms with E-state index in [0.717, 1.165) is 31.8 Å². The molecule has 0 fully saturated rings. The Morgan fingerprint density at radius 3 is 2.81 bits per heavy atom. The third kappa shape index (κ3) is 3.50. The van der Waals surface area contributed by atoms with Gasteiger partial charge in [0.2, 0.25) is 0 Å². The number of nitrogens with one attached hydrogen (secondary N) is 1. The van der Waals surface area contributed by atoms with Crippen molar-refractivity contribution in [1.29, 1.82) is 0 Å². The molecule has 0 radical (unpaired) electrons. The van der Waals surface area contributed by atoms with Gasteiger partial charge in [-0.25, -0.2) is 9.37 Å². The van der Waals surface area contributed by atoms with Crippen LogP contribution in [0.2, 0.25) is 0 Å². The summed E-state index contributed by atoms with van der Waals surface area (Å²) in [4.78, 5) is 4.47. The van der Waals surface area contributed by atoms with Gasteiger partial charge in [-0.1, -0.05) is 32.0 Å². The third-order valence-electron chi connectivity index (χ3n) is 3.60. The number of imidazole rings is 1. The van der Waals surface area contributed by atoms with E-state index < -0.39 is 0 Å². The van der Waals surface area contributed by atoms with Crippen molar-refractivity contribution in [3.63, 3.8) is 0 Å². The first-order valence-corrected chi connectivity index (χ1v) is 7.68. The quantitative estimate of drug-likeness (QED) is 0.839. The Morgan fingerprint density at radius 1 is 1.29 bits per heavy atom. The smallest absolute Gasteiger partial charge is 0.131 e. The summed E-state index contributed by atoms with van der Waals surface area (Å²) >= 11 is 0. The molecule has 1 unspecified atom stereocenters. The van der Waals surface area contributed by atoms with Gasteiger partial charge in [-0.15, -0.1) is 0 Å². The van der Waals surface area contributed by atoms with E-state index in [-0.39, 0.29) is 11.9 Å². The molecular weight excluding hydrogens is 265 g/mol. The van der Waals surface area contributed by atoms with E-state index in [9.17, 15) is 4.39 Å². The second-order valence-electron chi connectivity index (χ2n) is 5.34. The van der Waals surface area contributed by atoms with Crippen LogP contribution in [0.15, 0.2) is 30.6 Å². The Bertz CT molecular complexity index is 577. The maximum Gasteiger partial charge on any atom is 0.131 e. The molecule has 0 aliphatic heterocycles. The first kappa shape index (κ1) is 15.7. The summed E-state index contributed by atoms with van der Waals surface area (Å²) in [5.41, 5.74) is 1.34. The van der Waals surface area contributed by atoms with Gasteiger partial charge in [0.05, 0.1) is 6.04 Å². The predicted molar refractivity (Wildman–Crippen MR) is 83.8 cm³/mol. The molecule has 0 saturated heterocycles. The SMILES string of the molecule is CCCNC(c1cccc(C)c1F)c1nccn1CCC. The van der Waals surface area contributed by atoms with E-state index in [2.05, 4.69) is 28.7 Å². The first-order chi connectivity index (χ1) is 10.2. The molecule has 0 saturated carbocycles. The monoisotopic (exact) mass is 289 g/mol. The summed E-state index contributed by atoms with van der Waals surface area (Å²) < 4.78 is 16.6. The van der Waals surface area contributed by atoms with Crippen LogP contribution in [0.3, 0.4) is 0 Å². The minimum absolute atomic E-state index is 0.142. The van der Waals surface area contributed by atoms with Crippen molar-refractivity contribution >= 4 is 0 Å². The number of hydrogen-bond acceptors (Lipinski definition) is 2. The molecule has 0 bridgehead atoms. The second kappa shape index (κ2) is 7.36. The van der Waals surface area contributed by atoms with Crippen molar-refractivity contribution in [1.82, 2.24) is 14.9 Å². The van der Waals surface area contributed by atoms with Crippen LogP contribution >= 0.6 is 0 Å². The molecule has 114 valence electrons. The average molecular weight is 289 g/mol. The third-order valence-corrected chi connectivity index (χ3v) is 3.60. The molecule has 2 rings (SSSR count). The normalized spacial score (nSPS) is 12.6. The van der Waals surface area contributed by atoms with Gasteiger partial charge >= 0.3 is 0 Å². The number of hydrogen-bond donors (Lipinski definition) is 1. The molecule has 1 atom stereocenters. The lowest BCUT2D eigenvalue weighted by Crippen LogP contribution is -2.27. The van der Waals surface area contributed by atoms with Crippen LogP contribution in [0.4, 0.5) is 4.39 Å². The van der Waals surface area contributed by atoms with Crippen LogP contribution in [0.25, 0.3) is 0 Å². The highest BCUT2D eigenvalue weighted by molar-refractivity contribution is 5.31. The number of halogens is 1. The lowest BCUT2D eigenvalue weighted by atomic mass is 10.0. The molecule has 2 aromatic rings. The molecule has 0 aliphatic rings. The highest BCUT2D eigenvalue weighted by Gasteiger charge is 2.22. The fraction of sp³-hybridized carbons (Fsp3) is 0.471. The predicted octanol–water partition coefficient (Wildman–Crippen LogP) is 3.83. The van der Waals surface area contributed by atoms with Crippen molar-refractivity contribution in [3.05, 3.63) is 53.4 Å². The standard InChI is InChI=1S/C17H24FN3/c1-4-9-19-16(14-8-6-7-13(3)15(14)18)17-20-10-12-21(17)11-5-2/h6-8,10,12,16,19H,4-5,9,11H2,1-3H3. The Balaban J connectivity index is 2.42. The van der Waals surface area contributed by atoms with Gasteiger partial charge in [0.1, 0.15) is 11.6 Å². The fourth-order valence-electron chi connectivity index (χ4n) is 2.53. The lowest BCUT2D eigenvalue weighted by molar-refractivity contribution is 0.502. The molecule has 21 heavy (non-hydrogen) atoms. The zero-order valence-electron chi connectivity index (χ0n) is 13.1. The Hall–Kier alpha value is -1.68. The van der Waals surface area contributed by atoms with E-state index in [1.807, 2.05) is 18.3 Å². The van der Waals surface area contributed by atoms with Gasteiger partial charge in [0.25, 0.3) is 0 Å². The van der Waals surface area contributed by atoms with E-state index in [4.69, 9.17) is 0 Å². The summed E-state index contributed by atoms with van der Waals surface area (Å²) in [7, 11) is 0. The number of nitrogens with zero attached hydrogens (tertiary/aromatic N) is 2. The number of aryl methyl sites for hydroxylation is 2. The van der Waals surface area contributed by atoms with Crippen molar-refractivity contribution in [2.75, 3.05) is 6.54 Å². The molecule has 1 aromatic carbocycles. The van der Waals surface area contributed by atoms with E-state index in [1.165, 1.54) is 0 Å². The van der Waals surface area contributed by atoms with Crippen molar-refractivity contribution in [2.45, 2.75) is 46.2 Å². The van der Waals surface area contributed by atoms with E-state index >= 15 is 0 Å². The molecule has 3 nitrogen and oxygen atoms in total. The molecular formula is C17H24FN3. The topological polar surface area (TPSA) is 29.9 Å². The summed E-state index contributed by atoms with van der Waals surface area (Å²) in [6, 6.07) is 5.35. The molecule has 0 aliphatic carbocycles. The van der Waals surface area contributed by atoms with Gasteiger partial charge in [-0.2, -0.15) is 0 Å². The maximum atomic E-state index is 14.5. The highest BCUT2D eigenvalue weighted by Crippen LogP contribution is 2.25. The fourth-order valence-corrected chi connectivity index (χ4v) is 2.53. The Kier molecular flexibility index (Phi) is 5.51. The number of rotatable bonds is 7. The average Bonchev–Trinajstić information content (AvgIpc) is 2.92. The van der Waals surface area contributed by atoms with Gasteiger partial charge in [-0.05, 0) is 31.9 Å². The maximum absolute atomic E-state index is 14.5. The molecule has 4 heteroatoms. The number of aromatic nitrogens is 2. The number of benzene rings is 1. The van der Waals surface area contributed by atoms with Crippen LogP contribution in [0, 0.1) is 12.7 Å². The zero-order chi connectivity index (χ0) is 15.2. The summed E-state index contributed by atoms with van der Waals surface area (Å²) in [6.07, 6.45) is 5.78. The van der Waals surface area contributed by atoms with Crippen LogP contribution < -0.4 is 5.32 Å². The first-order valence-electron chi connectivity index (χ1n) is 7.68. The van der Waals surface area contributed by atoms with Gasteiger partial charge < -0.3 is 9.88 Å². The van der Waals surface area contributed by atoms with Crippen LogP contribution in [0.5, 0.6) is 0 Å². The Morgan fingerprint density at radius 2 is 2.10 bits per heavy atom. The van der Waals surface area contributed by atoms with Crippen molar-refractivity contribution in [2.24, 2.45) is 0 Å². The molecule has 1 aromatic heterocycles. The summed E-state index contributed by atoms with van der Waals surface area (Å²) in [6.45, 7) is 7.76. The minimum atomic E-state index is -0.202. The Labute approximate surface area is 126 Å². The van der Waals surface area contributed by atoms with E-state index in [0.29, 0.717) is 11.1 Å². The summed E-state index contributed by atoms with van der Waals surface area (Å²) in [5, 5.41) is 3.43. The highest BCUT2D eigenvalue weighted by atomic mass is 19.1. The van der Waals surface area contributed by atoms with Gasteiger partial charge in [0.15, 0.2) is 0 Å². The van der Waals surface area contributed by atoms with Crippen LogP contribution in [-0.4, -0.2) is 16.1 Å². The molecule has 0 amide bonds. The molecule has 1 N–H and O–H groups in total. The second-order valence-corrected chi connectivity index (χ2v) is 5.34.